The maximum absolute atomic E-state index is 11.8. The summed E-state index contributed by atoms with van der Waals surface area (Å²) in [5, 5.41) is 41.6. The van der Waals surface area contributed by atoms with Gasteiger partial charge < -0.3 is 41.1 Å². The molecule has 3 amide bonds. The monoisotopic (exact) mass is 407 g/mol. The number of carboxylic acid groups (broad SMARTS) is 3. The average molecular weight is 407 g/mol. The number of aliphatic hydroxyl groups is 1. The summed E-state index contributed by atoms with van der Waals surface area (Å²) in [6, 6.07) is -4.07. The van der Waals surface area contributed by atoms with E-state index >= 15 is 0 Å². The molecule has 0 fully saturated rings. The van der Waals surface area contributed by atoms with Crippen LogP contribution >= 0.6 is 0 Å². The van der Waals surface area contributed by atoms with Crippen molar-refractivity contribution < 1.29 is 49.1 Å². The fraction of sp³-hybridized carbons (Fsp3) is 0.667. The molecule has 2 atom stereocenters. The van der Waals surface area contributed by atoms with E-state index in [0.29, 0.717) is 0 Å². The normalized spacial score (nSPS) is 12.5. The van der Waals surface area contributed by atoms with E-state index in [2.05, 4.69) is 5.32 Å². The van der Waals surface area contributed by atoms with Gasteiger partial charge in [-0.2, -0.15) is 0 Å². The summed E-state index contributed by atoms with van der Waals surface area (Å²) >= 11 is 0. The zero-order valence-corrected chi connectivity index (χ0v) is 15.0. The first-order chi connectivity index (χ1) is 13.2. The zero-order chi connectivity index (χ0) is 21.5. The van der Waals surface area contributed by atoms with Gasteiger partial charge in [-0.1, -0.05) is 0 Å². The maximum Gasteiger partial charge on any atom is 0.326 e. The van der Waals surface area contributed by atoms with Gasteiger partial charge in [-0.3, -0.25) is 9.59 Å². The van der Waals surface area contributed by atoms with Crippen molar-refractivity contribution >= 4 is 29.8 Å². The molecule has 0 saturated heterocycles. The Bertz CT molecular complexity index is 554. The number of amides is 3. The second-order valence-electron chi connectivity index (χ2n) is 5.56. The van der Waals surface area contributed by atoms with Gasteiger partial charge in [0.15, 0.2) is 0 Å². The third-order valence-electron chi connectivity index (χ3n) is 3.32. The number of nitrogens with one attached hydrogen (secondary N) is 3. The molecule has 0 rings (SSSR count). The van der Waals surface area contributed by atoms with Gasteiger partial charge in [0, 0.05) is 19.4 Å². The largest absolute Gasteiger partial charge is 0.481 e. The molecule has 0 aromatic heterocycles. The Morgan fingerprint density at radius 2 is 1.36 bits per heavy atom. The Balaban J connectivity index is 4.42. The number of ether oxygens (including phenoxy) is 1. The molecule has 0 bridgehead atoms. The molecule has 0 spiro atoms. The SMILES string of the molecule is O=C(O)CC[C@@H](NC(=O)N[C@H](CCC(=O)NCCOCCO)C(=O)O)C(=O)O. The Hall–Kier alpha value is -2.93. The number of carbonyl (C=O) groups is 5. The molecule has 0 unspecified atom stereocenters. The van der Waals surface area contributed by atoms with Crippen LogP contribution in [-0.2, 0) is 23.9 Å². The van der Waals surface area contributed by atoms with Gasteiger partial charge in [-0.05, 0) is 12.8 Å². The molecule has 0 aliphatic heterocycles. The summed E-state index contributed by atoms with van der Waals surface area (Å²) in [6.07, 6.45) is -1.35. The van der Waals surface area contributed by atoms with E-state index in [9.17, 15) is 24.0 Å². The lowest BCUT2D eigenvalue weighted by molar-refractivity contribution is -0.141. The van der Waals surface area contributed by atoms with Gasteiger partial charge in [-0.25, -0.2) is 14.4 Å². The van der Waals surface area contributed by atoms with Crippen LogP contribution in [0.1, 0.15) is 25.7 Å². The molecular formula is C15H25N3O10. The smallest absolute Gasteiger partial charge is 0.326 e. The number of rotatable bonds is 15. The van der Waals surface area contributed by atoms with Crippen molar-refractivity contribution in [3.63, 3.8) is 0 Å². The molecule has 0 radical (unpaired) electrons. The number of aliphatic carboxylic acids is 3. The summed E-state index contributed by atoms with van der Waals surface area (Å²) in [7, 11) is 0. The minimum Gasteiger partial charge on any atom is -0.481 e. The standard InChI is InChI=1S/C15H25N3O10/c19-6-8-28-7-5-16-11(20)3-1-9(13(23)24)17-15(27)18-10(14(25)26)2-4-12(21)22/h9-10,19H,1-8H2,(H,16,20)(H,21,22)(H,23,24)(H,25,26)(H2,17,18,27)/t9-,10-/m1/s1. The number of urea groups is 1. The van der Waals surface area contributed by atoms with E-state index in [4.69, 9.17) is 25.2 Å². The Labute approximate surface area is 160 Å². The molecule has 7 N–H and O–H groups in total. The summed E-state index contributed by atoms with van der Waals surface area (Å²) < 4.78 is 4.93. The van der Waals surface area contributed by atoms with Crippen molar-refractivity contribution in [3.05, 3.63) is 0 Å². The molecule has 0 saturated carbocycles. The lowest BCUT2D eigenvalue weighted by atomic mass is 10.1. The van der Waals surface area contributed by atoms with Crippen LogP contribution in [0.25, 0.3) is 0 Å². The average Bonchev–Trinajstić information content (AvgIpc) is 2.61. The number of carbonyl (C=O) groups excluding carboxylic acids is 2. The molecular weight excluding hydrogens is 382 g/mol. The minimum absolute atomic E-state index is 0.125. The first-order valence-electron chi connectivity index (χ1n) is 8.37. The van der Waals surface area contributed by atoms with Crippen LogP contribution in [0, 0.1) is 0 Å². The summed E-state index contributed by atoms with van der Waals surface area (Å²) in [4.78, 5) is 56.2. The molecule has 0 heterocycles. The van der Waals surface area contributed by atoms with Crippen molar-refractivity contribution in [2.45, 2.75) is 37.8 Å². The molecule has 0 aliphatic rings. The Morgan fingerprint density at radius 1 is 0.821 bits per heavy atom. The number of carboxylic acids is 3. The summed E-state index contributed by atoms with van der Waals surface area (Å²) in [6.45, 7) is 0.303. The number of aliphatic hydroxyl groups excluding tert-OH is 1. The van der Waals surface area contributed by atoms with Crippen LogP contribution < -0.4 is 16.0 Å². The Morgan fingerprint density at radius 3 is 1.82 bits per heavy atom. The predicted octanol–water partition coefficient (Wildman–Crippen LogP) is -2.04. The third kappa shape index (κ3) is 12.4. The first-order valence-corrected chi connectivity index (χ1v) is 8.37. The molecule has 13 heteroatoms. The van der Waals surface area contributed by atoms with Crippen molar-refractivity contribution in [1.82, 2.24) is 16.0 Å². The van der Waals surface area contributed by atoms with Gasteiger partial charge in [0.05, 0.1) is 19.8 Å². The second-order valence-corrected chi connectivity index (χ2v) is 5.56. The molecule has 28 heavy (non-hydrogen) atoms. The highest BCUT2D eigenvalue weighted by Gasteiger charge is 2.25. The molecule has 0 aromatic carbocycles. The first kappa shape index (κ1) is 25.1. The molecule has 160 valence electrons. The summed E-state index contributed by atoms with van der Waals surface area (Å²) in [5.41, 5.74) is 0. The highest BCUT2D eigenvalue weighted by atomic mass is 16.5. The number of hydrogen-bond acceptors (Lipinski definition) is 7. The van der Waals surface area contributed by atoms with Crippen LogP contribution in [-0.4, -0.2) is 88.7 Å². The van der Waals surface area contributed by atoms with E-state index in [0.717, 1.165) is 0 Å². The van der Waals surface area contributed by atoms with Gasteiger partial charge in [0.25, 0.3) is 0 Å². The second kappa shape index (κ2) is 14.2. The minimum atomic E-state index is -1.51. The van der Waals surface area contributed by atoms with Crippen LogP contribution in [0.15, 0.2) is 0 Å². The van der Waals surface area contributed by atoms with Crippen molar-refractivity contribution in [2.24, 2.45) is 0 Å². The van der Waals surface area contributed by atoms with Crippen LogP contribution in [0.5, 0.6) is 0 Å². The third-order valence-corrected chi connectivity index (χ3v) is 3.32. The van der Waals surface area contributed by atoms with Crippen LogP contribution in [0.2, 0.25) is 0 Å². The van der Waals surface area contributed by atoms with Crippen molar-refractivity contribution in [3.8, 4) is 0 Å². The Kier molecular flexibility index (Phi) is 12.7. The lowest BCUT2D eigenvalue weighted by Crippen LogP contribution is -2.51. The van der Waals surface area contributed by atoms with E-state index in [1.54, 1.807) is 0 Å². The van der Waals surface area contributed by atoms with Gasteiger partial charge >= 0.3 is 23.9 Å². The fourth-order valence-corrected chi connectivity index (χ4v) is 1.93. The van der Waals surface area contributed by atoms with Crippen molar-refractivity contribution in [1.29, 1.82) is 0 Å². The number of hydrogen-bond donors (Lipinski definition) is 7. The predicted molar refractivity (Wildman–Crippen MR) is 91.5 cm³/mol. The highest BCUT2D eigenvalue weighted by Crippen LogP contribution is 2.01. The lowest BCUT2D eigenvalue weighted by Gasteiger charge is -2.18. The van der Waals surface area contributed by atoms with Crippen LogP contribution in [0.3, 0.4) is 0 Å². The van der Waals surface area contributed by atoms with Crippen molar-refractivity contribution in [2.75, 3.05) is 26.4 Å². The maximum atomic E-state index is 11.8. The van der Waals surface area contributed by atoms with E-state index in [1.807, 2.05) is 10.6 Å². The van der Waals surface area contributed by atoms with Gasteiger partial charge in [-0.15, -0.1) is 0 Å². The fourth-order valence-electron chi connectivity index (χ4n) is 1.93. The highest BCUT2D eigenvalue weighted by molar-refractivity contribution is 5.86. The molecule has 13 nitrogen and oxygen atoms in total. The molecule has 0 aliphatic carbocycles. The summed E-state index contributed by atoms with van der Waals surface area (Å²) in [5.74, 6) is -4.62. The van der Waals surface area contributed by atoms with E-state index in [-0.39, 0.29) is 45.6 Å². The van der Waals surface area contributed by atoms with E-state index in [1.165, 1.54) is 0 Å². The van der Waals surface area contributed by atoms with Gasteiger partial charge in [0.2, 0.25) is 5.91 Å². The topological polar surface area (TPSA) is 212 Å². The van der Waals surface area contributed by atoms with E-state index < -0.39 is 48.4 Å². The zero-order valence-electron chi connectivity index (χ0n) is 15.0. The van der Waals surface area contributed by atoms with Gasteiger partial charge in [0.1, 0.15) is 12.1 Å². The molecule has 0 aromatic rings. The van der Waals surface area contributed by atoms with Crippen LogP contribution in [0.4, 0.5) is 4.79 Å². The quantitative estimate of drug-likeness (QED) is 0.148.